The van der Waals surface area contributed by atoms with Gasteiger partial charge in [-0.1, -0.05) is 29.3 Å². The van der Waals surface area contributed by atoms with E-state index in [1.807, 2.05) is 29.4 Å². The molecule has 1 amide bonds. The van der Waals surface area contributed by atoms with E-state index in [4.69, 9.17) is 23.2 Å². The molecule has 2 aliphatic rings. The average molecular weight is 488 g/mol. The number of piperazine rings is 1. The molecule has 9 heteroatoms. The number of halogens is 2. The predicted octanol–water partition coefficient (Wildman–Crippen LogP) is 3.32. The van der Waals surface area contributed by atoms with Crippen LogP contribution in [-0.2, 0) is 4.79 Å². The van der Waals surface area contributed by atoms with Crippen LogP contribution in [0, 0.1) is 0 Å². The van der Waals surface area contributed by atoms with E-state index >= 15 is 0 Å². The lowest BCUT2D eigenvalue weighted by atomic mass is 10.0. The monoisotopic (exact) mass is 487 g/mol. The van der Waals surface area contributed by atoms with Gasteiger partial charge in [-0.2, -0.15) is 0 Å². The quantitative estimate of drug-likeness (QED) is 0.577. The van der Waals surface area contributed by atoms with Gasteiger partial charge in [0.25, 0.3) is 0 Å². The normalized spacial score (nSPS) is 21.8. The first-order valence-electron chi connectivity index (χ1n) is 11.3. The van der Waals surface area contributed by atoms with Gasteiger partial charge in [-0.15, -0.1) is 0 Å². The Kier molecular flexibility index (Phi) is 6.22. The number of aliphatic hydroxyl groups is 1. The topological polar surface area (TPSA) is 73.6 Å². The number of hydrogen-bond donors (Lipinski definition) is 2. The van der Waals surface area contributed by atoms with Crippen LogP contribution in [0.2, 0.25) is 10.0 Å². The number of fused-ring (bicyclic) bond motifs is 1. The van der Waals surface area contributed by atoms with Crippen LogP contribution in [0.4, 0.5) is 5.69 Å². The van der Waals surface area contributed by atoms with Crippen LogP contribution in [-0.4, -0.2) is 70.3 Å². The van der Waals surface area contributed by atoms with Crippen LogP contribution in [0.5, 0.6) is 0 Å². The summed E-state index contributed by atoms with van der Waals surface area (Å²) in [5, 5.41) is 14.4. The lowest BCUT2D eigenvalue weighted by Gasteiger charge is -2.44. The number of anilines is 1. The van der Waals surface area contributed by atoms with Gasteiger partial charge in [0.2, 0.25) is 5.91 Å². The Hall–Kier alpha value is -2.32. The van der Waals surface area contributed by atoms with Gasteiger partial charge >= 0.3 is 0 Å². The number of carbonyl (C=O) groups excluding carboxylic acids is 1. The molecule has 0 bridgehead atoms. The first-order valence-corrected chi connectivity index (χ1v) is 12.0. The van der Waals surface area contributed by atoms with Crippen molar-refractivity contribution in [1.82, 2.24) is 19.8 Å². The minimum absolute atomic E-state index is 0.0235. The molecular weight excluding hydrogens is 461 g/mol. The summed E-state index contributed by atoms with van der Waals surface area (Å²) in [6.07, 6.45) is 2.70. The molecule has 5 rings (SSSR count). The Bertz CT molecular complexity index is 1180. The standard InChI is InChI=1S/C24H27Cl2N5O2/c1-15(19-4-2-16(25)10-20(19)26)31-14-28-21-5-3-17(11-23(21)31)29-8-9-30(18(12-29)13-32)24(33)22-6-7-27-22/h2-5,10-11,14-15,18,22,27,32H,6-9,12-13H2,1H3/t15-,18+,22-/m1/s1. The van der Waals surface area contributed by atoms with E-state index in [-0.39, 0.29) is 30.6 Å². The molecule has 2 aromatic carbocycles. The van der Waals surface area contributed by atoms with E-state index in [9.17, 15) is 9.90 Å². The van der Waals surface area contributed by atoms with Crippen LogP contribution in [0.1, 0.15) is 24.9 Å². The molecule has 1 aromatic heterocycles. The maximum atomic E-state index is 12.7. The van der Waals surface area contributed by atoms with Gasteiger partial charge in [0.15, 0.2) is 0 Å². The minimum Gasteiger partial charge on any atom is -0.394 e. The van der Waals surface area contributed by atoms with Gasteiger partial charge in [-0.05, 0) is 55.8 Å². The molecule has 0 aliphatic carbocycles. The molecule has 0 radical (unpaired) electrons. The zero-order valence-corrected chi connectivity index (χ0v) is 19.9. The summed E-state index contributed by atoms with van der Waals surface area (Å²) >= 11 is 12.5. The van der Waals surface area contributed by atoms with E-state index in [0.717, 1.165) is 35.2 Å². The SMILES string of the molecule is C[C@H](c1ccc(Cl)cc1Cl)n1cnc2ccc(N3CCN(C(=O)[C@H]4CCN4)[C@H](CO)C3)cc21. The second-order valence-corrected chi connectivity index (χ2v) is 9.62. The van der Waals surface area contributed by atoms with Gasteiger partial charge < -0.3 is 24.8 Å². The second-order valence-electron chi connectivity index (χ2n) is 8.78. The summed E-state index contributed by atoms with van der Waals surface area (Å²) in [5.41, 5.74) is 3.93. The Labute approximate surface area is 202 Å². The lowest BCUT2D eigenvalue weighted by Crippen LogP contribution is -2.63. The summed E-state index contributed by atoms with van der Waals surface area (Å²) in [4.78, 5) is 21.4. The number of aliphatic hydroxyl groups excluding tert-OH is 1. The van der Waals surface area contributed by atoms with Crippen molar-refractivity contribution in [2.24, 2.45) is 0 Å². The molecule has 0 saturated carbocycles. The highest BCUT2D eigenvalue weighted by Gasteiger charge is 2.36. The number of hydrogen-bond acceptors (Lipinski definition) is 5. The molecule has 3 heterocycles. The molecular formula is C24H27Cl2N5O2. The van der Waals surface area contributed by atoms with Crippen molar-refractivity contribution in [3.63, 3.8) is 0 Å². The van der Waals surface area contributed by atoms with Gasteiger partial charge in [-0.25, -0.2) is 4.98 Å². The van der Waals surface area contributed by atoms with E-state index in [2.05, 4.69) is 38.8 Å². The summed E-state index contributed by atoms with van der Waals surface area (Å²) in [7, 11) is 0. The third-order valence-electron chi connectivity index (χ3n) is 6.85. The summed E-state index contributed by atoms with van der Waals surface area (Å²) in [6, 6.07) is 11.4. The molecule has 0 spiro atoms. The molecule has 2 aliphatic heterocycles. The van der Waals surface area contributed by atoms with Crippen molar-refractivity contribution in [2.75, 3.05) is 37.7 Å². The van der Waals surface area contributed by atoms with E-state index in [0.29, 0.717) is 29.7 Å². The fourth-order valence-electron chi connectivity index (χ4n) is 4.75. The van der Waals surface area contributed by atoms with Crippen LogP contribution in [0.15, 0.2) is 42.7 Å². The zero-order chi connectivity index (χ0) is 23.1. The Balaban J connectivity index is 1.40. The lowest BCUT2D eigenvalue weighted by molar-refractivity contribution is -0.139. The molecule has 2 N–H and O–H groups in total. The van der Waals surface area contributed by atoms with Crippen molar-refractivity contribution >= 4 is 45.8 Å². The third kappa shape index (κ3) is 4.19. The molecule has 33 heavy (non-hydrogen) atoms. The number of imidazole rings is 1. The summed E-state index contributed by atoms with van der Waals surface area (Å²) in [5.74, 6) is 0.0992. The van der Waals surface area contributed by atoms with E-state index in [1.165, 1.54) is 0 Å². The highest BCUT2D eigenvalue weighted by Crippen LogP contribution is 2.32. The van der Waals surface area contributed by atoms with Crippen LogP contribution < -0.4 is 10.2 Å². The van der Waals surface area contributed by atoms with E-state index in [1.54, 1.807) is 6.07 Å². The smallest absolute Gasteiger partial charge is 0.240 e. The molecule has 2 fully saturated rings. The number of rotatable bonds is 5. The third-order valence-corrected chi connectivity index (χ3v) is 7.41. The predicted molar refractivity (Wildman–Crippen MR) is 131 cm³/mol. The first-order chi connectivity index (χ1) is 16.0. The Morgan fingerprint density at radius 1 is 1.24 bits per heavy atom. The fraction of sp³-hybridized carbons (Fsp3) is 0.417. The summed E-state index contributed by atoms with van der Waals surface area (Å²) < 4.78 is 2.11. The van der Waals surface area contributed by atoms with Crippen molar-refractivity contribution in [2.45, 2.75) is 31.5 Å². The Morgan fingerprint density at radius 3 is 2.76 bits per heavy atom. The fourth-order valence-corrected chi connectivity index (χ4v) is 5.31. The maximum absolute atomic E-state index is 12.7. The van der Waals surface area contributed by atoms with Crippen LogP contribution >= 0.6 is 23.2 Å². The highest BCUT2D eigenvalue weighted by molar-refractivity contribution is 6.35. The number of nitrogens with zero attached hydrogens (tertiary/aromatic N) is 4. The first kappa shape index (κ1) is 22.5. The minimum atomic E-state index is -0.221. The maximum Gasteiger partial charge on any atom is 0.240 e. The average Bonchev–Trinajstić information content (AvgIpc) is 3.20. The number of aromatic nitrogens is 2. The Morgan fingerprint density at radius 2 is 2.06 bits per heavy atom. The number of amides is 1. The number of benzene rings is 2. The molecule has 0 unspecified atom stereocenters. The number of carbonyl (C=O) groups is 1. The van der Waals surface area contributed by atoms with E-state index < -0.39 is 0 Å². The van der Waals surface area contributed by atoms with Crippen molar-refractivity contribution in [3.05, 3.63) is 58.3 Å². The highest BCUT2D eigenvalue weighted by atomic mass is 35.5. The zero-order valence-electron chi connectivity index (χ0n) is 18.4. The number of nitrogens with one attached hydrogen (secondary N) is 1. The summed E-state index contributed by atoms with van der Waals surface area (Å²) in [6.45, 7) is 4.81. The largest absolute Gasteiger partial charge is 0.394 e. The van der Waals surface area contributed by atoms with Crippen molar-refractivity contribution < 1.29 is 9.90 Å². The van der Waals surface area contributed by atoms with Crippen LogP contribution in [0.3, 0.4) is 0 Å². The van der Waals surface area contributed by atoms with Gasteiger partial charge in [-0.3, -0.25) is 4.79 Å². The van der Waals surface area contributed by atoms with Gasteiger partial charge in [0.1, 0.15) is 0 Å². The van der Waals surface area contributed by atoms with Crippen molar-refractivity contribution in [1.29, 1.82) is 0 Å². The van der Waals surface area contributed by atoms with Gasteiger partial charge in [0, 0.05) is 35.4 Å². The molecule has 3 atom stereocenters. The second kappa shape index (κ2) is 9.14. The van der Waals surface area contributed by atoms with Gasteiger partial charge in [0.05, 0.1) is 42.1 Å². The molecule has 3 aromatic rings. The van der Waals surface area contributed by atoms with Crippen LogP contribution in [0.25, 0.3) is 11.0 Å². The molecule has 174 valence electrons. The van der Waals surface area contributed by atoms with Crippen molar-refractivity contribution in [3.8, 4) is 0 Å². The molecule has 7 nitrogen and oxygen atoms in total. The molecule has 2 saturated heterocycles.